The molecule has 1 unspecified atom stereocenters. The van der Waals surface area contributed by atoms with Crippen molar-refractivity contribution in [2.75, 3.05) is 6.54 Å². The first-order valence-corrected chi connectivity index (χ1v) is 7.12. The Morgan fingerprint density at radius 3 is 2.78 bits per heavy atom. The van der Waals surface area contributed by atoms with E-state index in [1.54, 1.807) is 0 Å². The zero-order chi connectivity index (χ0) is 13.0. The Morgan fingerprint density at radius 1 is 1.44 bits per heavy atom. The van der Waals surface area contributed by atoms with Gasteiger partial charge in [0.1, 0.15) is 0 Å². The molecule has 1 aliphatic rings. The zero-order valence-corrected chi connectivity index (χ0v) is 11.5. The van der Waals surface area contributed by atoms with Crippen molar-refractivity contribution >= 4 is 0 Å². The van der Waals surface area contributed by atoms with Crippen LogP contribution >= 0.6 is 0 Å². The van der Waals surface area contributed by atoms with Gasteiger partial charge in [-0.1, -0.05) is 0 Å². The van der Waals surface area contributed by atoms with Crippen LogP contribution in [-0.4, -0.2) is 27.5 Å². The van der Waals surface area contributed by atoms with E-state index >= 15 is 0 Å². The summed E-state index contributed by atoms with van der Waals surface area (Å²) in [4.78, 5) is 0. The fourth-order valence-corrected chi connectivity index (χ4v) is 2.59. The Morgan fingerprint density at radius 2 is 2.17 bits per heavy atom. The Hall–Kier alpha value is -0.870. The third-order valence-corrected chi connectivity index (χ3v) is 4.01. The molecule has 1 heterocycles. The predicted molar refractivity (Wildman–Crippen MR) is 72.3 cm³/mol. The number of aryl methyl sites for hydroxylation is 1. The maximum absolute atomic E-state index is 9.48. The third-order valence-electron chi connectivity index (χ3n) is 4.01. The van der Waals surface area contributed by atoms with Gasteiger partial charge in [-0.05, 0) is 52.0 Å². The molecule has 0 bridgehead atoms. The molecule has 1 fully saturated rings. The van der Waals surface area contributed by atoms with Crippen LogP contribution in [0.5, 0.6) is 0 Å². The van der Waals surface area contributed by atoms with Crippen molar-refractivity contribution in [3.63, 3.8) is 0 Å². The van der Waals surface area contributed by atoms with Crippen molar-refractivity contribution in [1.82, 2.24) is 15.1 Å². The molecule has 4 nitrogen and oxygen atoms in total. The number of aromatic nitrogens is 2. The van der Waals surface area contributed by atoms with Crippen LogP contribution in [0.2, 0.25) is 0 Å². The molecule has 102 valence electrons. The van der Waals surface area contributed by atoms with Gasteiger partial charge in [-0.3, -0.25) is 4.68 Å². The molecule has 0 saturated heterocycles. The third kappa shape index (κ3) is 3.56. The standard InChI is InChI=1S/C14H25N3O/c1-3-17-10-13(9-16-17)11(2)15-8-12-4-6-14(18)7-5-12/h9-12,14-15,18H,3-8H2,1-2H3. The van der Waals surface area contributed by atoms with Crippen LogP contribution < -0.4 is 5.32 Å². The van der Waals surface area contributed by atoms with E-state index in [1.165, 1.54) is 5.56 Å². The molecular weight excluding hydrogens is 226 g/mol. The lowest BCUT2D eigenvalue weighted by atomic mass is 9.87. The molecular formula is C14H25N3O. The first-order chi connectivity index (χ1) is 8.69. The molecule has 4 heteroatoms. The van der Waals surface area contributed by atoms with Gasteiger partial charge in [-0.2, -0.15) is 5.10 Å². The predicted octanol–water partition coefficient (Wildman–Crippen LogP) is 2.10. The van der Waals surface area contributed by atoms with Crippen LogP contribution in [0, 0.1) is 5.92 Å². The maximum Gasteiger partial charge on any atom is 0.0540 e. The summed E-state index contributed by atoms with van der Waals surface area (Å²) in [5, 5.41) is 17.4. The van der Waals surface area contributed by atoms with Crippen LogP contribution in [0.15, 0.2) is 12.4 Å². The Kier molecular flexibility index (Phi) is 4.78. The Labute approximate surface area is 109 Å². The average molecular weight is 251 g/mol. The maximum atomic E-state index is 9.48. The first-order valence-electron chi connectivity index (χ1n) is 7.12. The van der Waals surface area contributed by atoms with Gasteiger partial charge in [0.25, 0.3) is 0 Å². The van der Waals surface area contributed by atoms with E-state index < -0.39 is 0 Å². The van der Waals surface area contributed by atoms with Crippen LogP contribution in [0.1, 0.15) is 51.1 Å². The fraction of sp³-hybridized carbons (Fsp3) is 0.786. The average Bonchev–Trinajstić information content (AvgIpc) is 2.86. The second kappa shape index (κ2) is 6.34. The van der Waals surface area contributed by atoms with Gasteiger partial charge >= 0.3 is 0 Å². The number of hydrogen-bond acceptors (Lipinski definition) is 3. The molecule has 0 amide bonds. The summed E-state index contributed by atoms with van der Waals surface area (Å²) in [5.74, 6) is 0.720. The highest BCUT2D eigenvalue weighted by Crippen LogP contribution is 2.24. The second-order valence-electron chi connectivity index (χ2n) is 5.43. The van der Waals surface area contributed by atoms with Crippen molar-refractivity contribution in [3.05, 3.63) is 18.0 Å². The monoisotopic (exact) mass is 251 g/mol. The SMILES string of the molecule is CCn1cc(C(C)NCC2CCC(O)CC2)cn1. The van der Waals surface area contributed by atoms with Gasteiger partial charge in [0.05, 0.1) is 12.3 Å². The smallest absolute Gasteiger partial charge is 0.0540 e. The van der Waals surface area contributed by atoms with Gasteiger partial charge in [0.2, 0.25) is 0 Å². The minimum Gasteiger partial charge on any atom is -0.393 e. The number of hydrogen-bond donors (Lipinski definition) is 2. The summed E-state index contributed by atoms with van der Waals surface area (Å²) in [5.41, 5.74) is 1.26. The normalized spacial score (nSPS) is 26.2. The Bertz CT molecular complexity index is 356. The first kappa shape index (κ1) is 13.6. The van der Waals surface area contributed by atoms with Gasteiger partial charge in [-0.25, -0.2) is 0 Å². The molecule has 0 spiro atoms. The summed E-state index contributed by atoms with van der Waals surface area (Å²) < 4.78 is 1.96. The number of aliphatic hydroxyl groups excluding tert-OH is 1. The number of nitrogens with one attached hydrogen (secondary N) is 1. The quantitative estimate of drug-likeness (QED) is 0.842. The lowest BCUT2D eigenvalue weighted by Crippen LogP contribution is -2.29. The van der Waals surface area contributed by atoms with Gasteiger partial charge in [-0.15, -0.1) is 0 Å². The molecule has 2 N–H and O–H groups in total. The van der Waals surface area contributed by atoms with Crippen molar-refractivity contribution in [2.24, 2.45) is 5.92 Å². The minimum atomic E-state index is -0.0542. The van der Waals surface area contributed by atoms with E-state index in [0.29, 0.717) is 6.04 Å². The summed E-state index contributed by atoms with van der Waals surface area (Å²) >= 11 is 0. The highest BCUT2D eigenvalue weighted by molar-refractivity contribution is 5.09. The molecule has 1 aliphatic carbocycles. The van der Waals surface area contributed by atoms with Gasteiger partial charge < -0.3 is 10.4 Å². The molecule has 0 aliphatic heterocycles. The van der Waals surface area contributed by atoms with Crippen LogP contribution in [-0.2, 0) is 6.54 Å². The molecule has 1 aromatic heterocycles. The number of nitrogens with zero attached hydrogens (tertiary/aromatic N) is 2. The molecule has 1 aromatic rings. The van der Waals surface area contributed by atoms with Gasteiger partial charge in [0.15, 0.2) is 0 Å². The molecule has 1 saturated carbocycles. The molecule has 0 aromatic carbocycles. The fourth-order valence-electron chi connectivity index (χ4n) is 2.59. The number of aliphatic hydroxyl groups is 1. The van der Waals surface area contributed by atoms with Crippen LogP contribution in [0.4, 0.5) is 0 Å². The molecule has 1 atom stereocenters. The lowest BCUT2D eigenvalue weighted by Gasteiger charge is -2.26. The van der Waals surface area contributed by atoms with Crippen molar-refractivity contribution in [3.8, 4) is 0 Å². The van der Waals surface area contributed by atoms with Crippen molar-refractivity contribution in [2.45, 2.75) is 58.2 Å². The summed E-state index contributed by atoms with van der Waals surface area (Å²) in [6.07, 6.45) is 8.24. The zero-order valence-electron chi connectivity index (χ0n) is 11.5. The summed E-state index contributed by atoms with van der Waals surface area (Å²) in [7, 11) is 0. The van der Waals surface area contributed by atoms with E-state index in [0.717, 1.165) is 44.7 Å². The lowest BCUT2D eigenvalue weighted by molar-refractivity contribution is 0.108. The van der Waals surface area contributed by atoms with E-state index in [-0.39, 0.29) is 6.10 Å². The van der Waals surface area contributed by atoms with E-state index in [9.17, 15) is 5.11 Å². The van der Waals surface area contributed by atoms with Gasteiger partial charge in [0, 0.05) is 24.3 Å². The second-order valence-corrected chi connectivity index (χ2v) is 5.43. The van der Waals surface area contributed by atoms with Crippen LogP contribution in [0.25, 0.3) is 0 Å². The topological polar surface area (TPSA) is 50.1 Å². The number of rotatable bonds is 5. The largest absolute Gasteiger partial charge is 0.393 e. The van der Waals surface area contributed by atoms with Crippen LogP contribution in [0.3, 0.4) is 0 Å². The molecule has 0 radical (unpaired) electrons. The molecule has 2 rings (SSSR count). The minimum absolute atomic E-state index is 0.0542. The summed E-state index contributed by atoms with van der Waals surface area (Å²) in [6, 6.07) is 0.358. The van der Waals surface area contributed by atoms with Crippen molar-refractivity contribution < 1.29 is 5.11 Å². The Balaban J connectivity index is 1.75. The van der Waals surface area contributed by atoms with E-state index in [4.69, 9.17) is 0 Å². The van der Waals surface area contributed by atoms with Crippen molar-refractivity contribution in [1.29, 1.82) is 0 Å². The molecule has 18 heavy (non-hydrogen) atoms. The van der Waals surface area contributed by atoms with E-state index in [1.807, 2.05) is 10.9 Å². The highest BCUT2D eigenvalue weighted by atomic mass is 16.3. The highest BCUT2D eigenvalue weighted by Gasteiger charge is 2.19. The summed E-state index contributed by atoms with van der Waals surface area (Å²) in [6.45, 7) is 6.26. The van der Waals surface area contributed by atoms with E-state index in [2.05, 4.69) is 30.5 Å².